The number of rotatable bonds is 4. The molecule has 0 atom stereocenters. The molecular formula is C26H18O7. The molecule has 5 rings (SSSR count). The van der Waals surface area contributed by atoms with Gasteiger partial charge in [-0.1, -0.05) is 24.3 Å². The third-order valence-corrected chi connectivity index (χ3v) is 5.58. The molecule has 0 aliphatic rings. The molecule has 0 fully saturated rings. The molecule has 0 bridgehead atoms. The summed E-state index contributed by atoms with van der Waals surface area (Å²) in [4.78, 5) is 26.6. The number of benzene rings is 3. The zero-order chi connectivity index (χ0) is 23.1. The van der Waals surface area contributed by atoms with Crippen molar-refractivity contribution in [2.24, 2.45) is 0 Å². The molecule has 33 heavy (non-hydrogen) atoms. The van der Waals surface area contributed by atoms with Gasteiger partial charge in [-0.25, -0.2) is 0 Å². The van der Waals surface area contributed by atoms with E-state index >= 15 is 0 Å². The number of phenolic OH excluding ortho intramolecular Hbond substituents is 1. The molecule has 0 aliphatic heterocycles. The molecule has 0 spiro atoms. The van der Waals surface area contributed by atoms with Crippen molar-refractivity contribution in [1.29, 1.82) is 0 Å². The number of hydrogen-bond acceptors (Lipinski definition) is 7. The van der Waals surface area contributed by atoms with Gasteiger partial charge < -0.3 is 23.4 Å². The molecule has 3 aromatic carbocycles. The molecule has 0 amide bonds. The van der Waals surface area contributed by atoms with Crippen LogP contribution in [0.25, 0.3) is 44.2 Å². The fourth-order valence-corrected chi connectivity index (χ4v) is 3.81. The van der Waals surface area contributed by atoms with E-state index < -0.39 is 16.6 Å². The van der Waals surface area contributed by atoms with Crippen molar-refractivity contribution in [3.8, 4) is 39.5 Å². The predicted octanol–water partition coefficient (Wildman–Crippen LogP) is 4.96. The fourth-order valence-electron chi connectivity index (χ4n) is 3.81. The average molecular weight is 442 g/mol. The van der Waals surface area contributed by atoms with Gasteiger partial charge in [0.05, 0.1) is 25.3 Å². The van der Waals surface area contributed by atoms with Crippen LogP contribution in [-0.2, 0) is 0 Å². The molecule has 7 nitrogen and oxygen atoms in total. The lowest BCUT2D eigenvalue weighted by Crippen LogP contribution is -2.09. The maximum Gasteiger partial charge on any atom is 0.204 e. The number of hydrogen-bond donors (Lipinski definition) is 1. The molecule has 0 unspecified atom stereocenters. The standard InChI is InChI=1S/C26H18O7/c1-30-16-7-3-14(4-8-16)18-12-32-20-11-21-23(26(29)22(20)24(18)27)25(28)19(13-33-21)15-5-9-17(31-2)10-6-15/h3-13,29H,1-2H3. The van der Waals surface area contributed by atoms with Crippen molar-refractivity contribution >= 4 is 21.9 Å². The first-order valence-corrected chi connectivity index (χ1v) is 10.0. The van der Waals surface area contributed by atoms with Gasteiger partial charge in [-0.05, 0) is 35.4 Å². The van der Waals surface area contributed by atoms with Gasteiger partial charge in [-0.15, -0.1) is 0 Å². The van der Waals surface area contributed by atoms with Gasteiger partial charge >= 0.3 is 0 Å². The highest BCUT2D eigenvalue weighted by molar-refractivity contribution is 6.02. The average Bonchev–Trinajstić information content (AvgIpc) is 2.84. The van der Waals surface area contributed by atoms with Crippen LogP contribution in [-0.4, -0.2) is 19.3 Å². The second kappa shape index (κ2) is 7.87. The SMILES string of the molecule is COc1ccc(-c2coc3cc4occ(-c5ccc(OC)cc5)c(=O)c4c(O)c3c2=O)cc1. The number of aromatic hydroxyl groups is 1. The summed E-state index contributed by atoms with van der Waals surface area (Å²) < 4.78 is 21.6. The van der Waals surface area contributed by atoms with E-state index in [0.717, 1.165) is 0 Å². The van der Waals surface area contributed by atoms with Gasteiger partial charge in [0.15, 0.2) is 0 Å². The van der Waals surface area contributed by atoms with Gasteiger partial charge in [0.25, 0.3) is 0 Å². The maximum atomic E-state index is 13.3. The monoisotopic (exact) mass is 442 g/mol. The minimum absolute atomic E-state index is 0.0880. The highest BCUT2D eigenvalue weighted by atomic mass is 16.5. The summed E-state index contributed by atoms with van der Waals surface area (Å²) in [7, 11) is 3.10. The number of fused-ring (bicyclic) bond motifs is 2. The largest absolute Gasteiger partial charge is 0.506 e. The second-order valence-corrected chi connectivity index (χ2v) is 7.39. The van der Waals surface area contributed by atoms with Crippen LogP contribution in [0, 0.1) is 0 Å². The Bertz CT molecular complexity index is 1490. The Morgan fingerprint density at radius 3 is 1.42 bits per heavy atom. The first-order chi connectivity index (χ1) is 16.0. The van der Waals surface area contributed by atoms with Gasteiger partial charge in [-0.3, -0.25) is 9.59 Å². The minimum atomic E-state index is -0.476. The summed E-state index contributed by atoms with van der Waals surface area (Å²) in [5, 5.41) is 10.8. The maximum absolute atomic E-state index is 13.3. The van der Waals surface area contributed by atoms with Crippen LogP contribution in [0.2, 0.25) is 0 Å². The predicted molar refractivity (Wildman–Crippen MR) is 124 cm³/mol. The fraction of sp³-hybridized carbons (Fsp3) is 0.0769. The molecule has 2 heterocycles. The first-order valence-electron chi connectivity index (χ1n) is 10.0. The van der Waals surface area contributed by atoms with E-state index in [2.05, 4.69) is 0 Å². The van der Waals surface area contributed by atoms with E-state index in [0.29, 0.717) is 22.6 Å². The Labute approximate surface area is 187 Å². The first kappa shape index (κ1) is 20.4. The van der Waals surface area contributed by atoms with Crippen LogP contribution in [0.5, 0.6) is 17.2 Å². The molecule has 2 aromatic heterocycles. The van der Waals surface area contributed by atoms with Gasteiger partial charge in [-0.2, -0.15) is 0 Å². The van der Waals surface area contributed by atoms with Gasteiger partial charge in [0, 0.05) is 6.07 Å². The summed E-state index contributed by atoms with van der Waals surface area (Å²) in [5.41, 5.74) is 0.969. The summed E-state index contributed by atoms with van der Waals surface area (Å²) in [6.45, 7) is 0. The molecular weight excluding hydrogens is 424 g/mol. The zero-order valence-electron chi connectivity index (χ0n) is 17.7. The van der Waals surface area contributed by atoms with Crippen LogP contribution < -0.4 is 20.3 Å². The van der Waals surface area contributed by atoms with Crippen molar-refractivity contribution in [2.45, 2.75) is 0 Å². The van der Waals surface area contributed by atoms with Crippen molar-refractivity contribution in [3.05, 3.63) is 87.6 Å². The Balaban J connectivity index is 1.74. The van der Waals surface area contributed by atoms with Crippen LogP contribution in [0.15, 0.2) is 85.5 Å². The quantitative estimate of drug-likeness (QED) is 0.393. The highest BCUT2D eigenvalue weighted by Crippen LogP contribution is 2.33. The lowest BCUT2D eigenvalue weighted by Gasteiger charge is -2.09. The molecule has 0 radical (unpaired) electrons. The highest BCUT2D eigenvalue weighted by Gasteiger charge is 2.20. The van der Waals surface area contributed by atoms with Gasteiger partial charge in [0.2, 0.25) is 10.9 Å². The molecule has 0 saturated heterocycles. The normalized spacial score (nSPS) is 11.1. The van der Waals surface area contributed by atoms with Crippen LogP contribution >= 0.6 is 0 Å². The molecule has 0 aliphatic carbocycles. The van der Waals surface area contributed by atoms with E-state index in [1.807, 2.05) is 0 Å². The van der Waals surface area contributed by atoms with Crippen molar-refractivity contribution in [2.75, 3.05) is 14.2 Å². The summed E-state index contributed by atoms with van der Waals surface area (Å²) >= 11 is 0. The Hall–Kier alpha value is -4.52. The van der Waals surface area contributed by atoms with E-state index in [1.54, 1.807) is 62.8 Å². The number of ether oxygens (including phenoxy) is 2. The Morgan fingerprint density at radius 1 is 0.667 bits per heavy atom. The zero-order valence-corrected chi connectivity index (χ0v) is 17.7. The molecule has 164 valence electrons. The molecule has 1 N–H and O–H groups in total. The van der Waals surface area contributed by atoms with E-state index in [1.165, 1.54) is 18.6 Å². The van der Waals surface area contributed by atoms with Crippen molar-refractivity contribution < 1.29 is 23.4 Å². The van der Waals surface area contributed by atoms with Crippen molar-refractivity contribution in [1.82, 2.24) is 0 Å². The number of phenols is 1. The Kier molecular flexibility index (Phi) is 4.86. The van der Waals surface area contributed by atoms with Crippen LogP contribution in [0.1, 0.15) is 0 Å². The number of methoxy groups -OCH3 is 2. The third kappa shape index (κ3) is 3.30. The summed E-state index contributed by atoms with van der Waals surface area (Å²) in [6, 6.07) is 15.2. The summed E-state index contributed by atoms with van der Waals surface area (Å²) in [5.74, 6) is 0.804. The van der Waals surface area contributed by atoms with Crippen LogP contribution in [0.4, 0.5) is 0 Å². The molecule has 0 saturated carbocycles. The van der Waals surface area contributed by atoms with E-state index in [4.69, 9.17) is 18.3 Å². The summed E-state index contributed by atoms with van der Waals surface area (Å²) in [6.07, 6.45) is 2.64. The third-order valence-electron chi connectivity index (χ3n) is 5.58. The lowest BCUT2D eigenvalue weighted by atomic mass is 10.0. The lowest BCUT2D eigenvalue weighted by molar-refractivity contribution is 0.415. The molecule has 5 aromatic rings. The Morgan fingerprint density at radius 2 is 1.06 bits per heavy atom. The minimum Gasteiger partial charge on any atom is -0.506 e. The van der Waals surface area contributed by atoms with Crippen LogP contribution in [0.3, 0.4) is 0 Å². The van der Waals surface area contributed by atoms with Crippen molar-refractivity contribution in [3.63, 3.8) is 0 Å². The second-order valence-electron chi connectivity index (χ2n) is 7.39. The van der Waals surface area contributed by atoms with Gasteiger partial charge in [0.1, 0.15) is 51.7 Å². The van der Waals surface area contributed by atoms with E-state index in [9.17, 15) is 14.7 Å². The smallest absolute Gasteiger partial charge is 0.204 e. The topological polar surface area (TPSA) is 99.1 Å². The molecule has 7 heteroatoms. The van der Waals surface area contributed by atoms with E-state index in [-0.39, 0.29) is 33.1 Å².